The molecule has 7 nitrogen and oxygen atoms in total. The van der Waals surface area contributed by atoms with Crippen molar-refractivity contribution in [2.75, 3.05) is 9.91 Å². The van der Waals surface area contributed by atoms with Gasteiger partial charge in [-0.3, -0.25) is 19.2 Å². The van der Waals surface area contributed by atoms with E-state index >= 15 is 0 Å². The van der Waals surface area contributed by atoms with Gasteiger partial charge in [0.25, 0.3) is 23.6 Å². The molecule has 43 heavy (non-hydrogen) atoms. The summed E-state index contributed by atoms with van der Waals surface area (Å²) in [6.45, 7) is 0. The fraction of sp³-hybridized carbons (Fsp3) is 0. The topological polar surface area (TPSA) is 78.0 Å². The van der Waals surface area contributed by atoms with Crippen LogP contribution in [0.25, 0.3) is 21.5 Å². The van der Waals surface area contributed by atoms with Crippen LogP contribution in [0, 0.1) is 0 Å². The van der Waals surface area contributed by atoms with Gasteiger partial charge in [-0.05, 0) is 60.0 Å². The van der Waals surface area contributed by atoms with Gasteiger partial charge in [-0.2, -0.15) is 5.01 Å². The minimum atomic E-state index is -0.551. The molecule has 0 N–H and O–H groups in total. The minimum Gasteiger partial charge on any atom is -0.268 e. The van der Waals surface area contributed by atoms with Gasteiger partial charge in [0.05, 0.1) is 28.2 Å². The molecular formula is C36H21N3O4. The molecule has 0 saturated carbocycles. The predicted molar refractivity (Wildman–Crippen MR) is 165 cm³/mol. The molecule has 0 aliphatic carbocycles. The van der Waals surface area contributed by atoms with Gasteiger partial charge in [0.15, 0.2) is 0 Å². The maximum absolute atomic E-state index is 14.2. The maximum Gasteiger partial charge on any atom is 0.280 e. The van der Waals surface area contributed by atoms with Crippen LogP contribution in [0.3, 0.4) is 0 Å². The normalized spacial score (nSPS) is 14.1. The molecule has 0 bridgehead atoms. The first kappa shape index (κ1) is 24.7. The Balaban J connectivity index is 1.30. The summed E-state index contributed by atoms with van der Waals surface area (Å²) in [5, 5.41) is 5.03. The minimum absolute atomic E-state index is 0.242. The predicted octanol–water partition coefficient (Wildman–Crippen LogP) is 7.14. The molecule has 0 atom stereocenters. The zero-order valence-electron chi connectivity index (χ0n) is 22.6. The van der Waals surface area contributed by atoms with Crippen molar-refractivity contribution in [2.24, 2.45) is 0 Å². The Morgan fingerprint density at radius 1 is 0.419 bits per heavy atom. The summed E-state index contributed by atoms with van der Waals surface area (Å²) >= 11 is 0. The number of carbonyl (C=O) groups is 4. The number of hydrogen-bond acceptors (Lipinski definition) is 5. The van der Waals surface area contributed by atoms with Crippen LogP contribution in [-0.2, 0) is 0 Å². The molecule has 2 aliphatic rings. The Kier molecular flexibility index (Phi) is 5.30. The van der Waals surface area contributed by atoms with Crippen molar-refractivity contribution in [3.63, 3.8) is 0 Å². The zero-order chi connectivity index (χ0) is 29.2. The van der Waals surface area contributed by atoms with E-state index in [2.05, 4.69) is 0 Å². The highest BCUT2D eigenvalue weighted by Crippen LogP contribution is 2.42. The Morgan fingerprint density at radius 2 is 0.860 bits per heavy atom. The molecule has 4 amide bonds. The van der Waals surface area contributed by atoms with Crippen LogP contribution in [0.5, 0.6) is 0 Å². The Labute approximate surface area is 245 Å². The van der Waals surface area contributed by atoms with Crippen LogP contribution < -0.4 is 9.91 Å². The van der Waals surface area contributed by atoms with Gasteiger partial charge in [0, 0.05) is 27.3 Å². The van der Waals surface area contributed by atoms with Gasteiger partial charge in [-0.1, -0.05) is 72.8 Å². The number of para-hydroxylation sites is 2. The monoisotopic (exact) mass is 559 g/mol. The lowest BCUT2D eigenvalue weighted by atomic mass is 9.86. The highest BCUT2D eigenvalue weighted by atomic mass is 16.2. The third kappa shape index (κ3) is 3.48. The SMILES string of the molecule is O=C1c2ccc3c4c(ccc(c24)C(=O)N1c1cccc2ccccc12)C(=O)N(N(c1ccccc1)c1ccccc1)C3=O. The zero-order valence-corrected chi connectivity index (χ0v) is 22.6. The lowest BCUT2D eigenvalue weighted by Gasteiger charge is -2.38. The van der Waals surface area contributed by atoms with Gasteiger partial charge in [-0.25, -0.2) is 9.91 Å². The second-order valence-corrected chi connectivity index (χ2v) is 10.4. The molecule has 6 aromatic rings. The molecule has 2 aliphatic heterocycles. The number of anilines is 3. The van der Waals surface area contributed by atoms with E-state index in [4.69, 9.17) is 0 Å². The molecule has 7 heteroatoms. The molecule has 8 rings (SSSR count). The van der Waals surface area contributed by atoms with Gasteiger partial charge in [0.2, 0.25) is 0 Å². The van der Waals surface area contributed by atoms with Crippen molar-refractivity contribution in [1.29, 1.82) is 0 Å². The van der Waals surface area contributed by atoms with E-state index in [0.717, 1.165) is 15.8 Å². The van der Waals surface area contributed by atoms with Crippen molar-refractivity contribution in [2.45, 2.75) is 0 Å². The average Bonchev–Trinajstić information content (AvgIpc) is 3.05. The van der Waals surface area contributed by atoms with Crippen molar-refractivity contribution in [3.05, 3.63) is 150 Å². The van der Waals surface area contributed by atoms with Crippen LogP contribution in [0.1, 0.15) is 41.4 Å². The molecule has 0 radical (unpaired) electrons. The molecule has 0 fully saturated rings. The summed E-state index contributed by atoms with van der Waals surface area (Å²) in [6.07, 6.45) is 0. The molecular weight excluding hydrogens is 538 g/mol. The fourth-order valence-corrected chi connectivity index (χ4v) is 6.18. The first-order chi connectivity index (χ1) is 21.0. The van der Waals surface area contributed by atoms with Crippen LogP contribution >= 0.6 is 0 Å². The van der Waals surface area contributed by atoms with Crippen LogP contribution in [0.2, 0.25) is 0 Å². The summed E-state index contributed by atoms with van der Waals surface area (Å²) in [5.41, 5.74) is 2.74. The lowest BCUT2D eigenvalue weighted by molar-refractivity contribution is 0.0609. The van der Waals surface area contributed by atoms with Gasteiger partial charge < -0.3 is 0 Å². The van der Waals surface area contributed by atoms with Crippen LogP contribution in [0.4, 0.5) is 17.1 Å². The summed E-state index contributed by atoms with van der Waals surface area (Å²) in [5.74, 6) is -2.11. The van der Waals surface area contributed by atoms with Gasteiger partial charge in [0.1, 0.15) is 0 Å². The quantitative estimate of drug-likeness (QED) is 0.215. The molecule has 204 valence electrons. The number of fused-ring (bicyclic) bond motifs is 1. The molecule has 2 heterocycles. The Morgan fingerprint density at radius 3 is 1.40 bits per heavy atom. The average molecular weight is 560 g/mol. The molecule has 0 aromatic heterocycles. The smallest absolute Gasteiger partial charge is 0.268 e. The third-order valence-electron chi connectivity index (χ3n) is 8.08. The number of imide groups is 2. The highest BCUT2D eigenvalue weighted by Gasteiger charge is 2.42. The summed E-state index contributed by atoms with van der Waals surface area (Å²) in [7, 11) is 0. The first-order valence-electron chi connectivity index (χ1n) is 13.8. The van der Waals surface area contributed by atoms with E-state index in [0.29, 0.717) is 27.8 Å². The largest absolute Gasteiger partial charge is 0.280 e. The van der Waals surface area contributed by atoms with E-state index < -0.39 is 23.6 Å². The highest BCUT2D eigenvalue weighted by molar-refractivity contribution is 6.40. The van der Waals surface area contributed by atoms with E-state index in [1.165, 1.54) is 4.90 Å². The van der Waals surface area contributed by atoms with E-state index in [-0.39, 0.29) is 22.3 Å². The number of carbonyl (C=O) groups excluding carboxylic acids is 4. The van der Waals surface area contributed by atoms with E-state index in [1.54, 1.807) is 35.3 Å². The van der Waals surface area contributed by atoms with E-state index in [9.17, 15) is 19.2 Å². The van der Waals surface area contributed by atoms with Crippen molar-refractivity contribution >= 4 is 62.2 Å². The second-order valence-electron chi connectivity index (χ2n) is 10.4. The number of hydrogen-bond donors (Lipinski definition) is 0. The van der Waals surface area contributed by atoms with Crippen LogP contribution in [-0.4, -0.2) is 28.6 Å². The first-order valence-corrected chi connectivity index (χ1v) is 13.8. The summed E-state index contributed by atoms with van der Waals surface area (Å²) in [4.78, 5) is 57.6. The van der Waals surface area contributed by atoms with Gasteiger partial charge >= 0.3 is 0 Å². The second kappa shape index (κ2) is 9.22. The van der Waals surface area contributed by atoms with Crippen molar-refractivity contribution in [3.8, 4) is 0 Å². The molecule has 0 unspecified atom stereocenters. The third-order valence-corrected chi connectivity index (χ3v) is 8.08. The van der Waals surface area contributed by atoms with Gasteiger partial charge in [-0.15, -0.1) is 0 Å². The number of hydrazine groups is 1. The lowest BCUT2D eigenvalue weighted by Crippen LogP contribution is -2.50. The molecule has 0 saturated heterocycles. The number of nitrogens with zero attached hydrogens (tertiary/aromatic N) is 3. The molecule has 6 aromatic carbocycles. The fourth-order valence-electron chi connectivity index (χ4n) is 6.18. The Bertz CT molecular complexity index is 2060. The standard InChI is InChI=1S/C36H21N3O4/c40-33-26-18-20-28-32-29(36(43)39(35(28)42)38(23-12-3-1-4-13-23)24-14-5-2-6-15-24)21-19-27(31(26)32)34(41)37(33)30-17-9-11-22-10-7-8-16-25(22)30/h1-21H. The number of amides is 4. The Hall–Kier alpha value is -6.08. The van der Waals surface area contributed by atoms with Crippen molar-refractivity contribution in [1.82, 2.24) is 5.01 Å². The number of benzene rings is 6. The summed E-state index contributed by atoms with van der Waals surface area (Å²) in [6, 6.07) is 37.7. The van der Waals surface area contributed by atoms with E-state index in [1.807, 2.05) is 97.1 Å². The summed E-state index contributed by atoms with van der Waals surface area (Å²) < 4.78 is 0. The molecule has 0 spiro atoms. The van der Waals surface area contributed by atoms with Crippen LogP contribution in [0.15, 0.2) is 127 Å². The van der Waals surface area contributed by atoms with Crippen molar-refractivity contribution < 1.29 is 19.2 Å². The number of rotatable bonds is 4. The maximum atomic E-state index is 14.2.